The first-order chi connectivity index (χ1) is 14.5. The van der Waals surface area contributed by atoms with Gasteiger partial charge in [0.1, 0.15) is 6.11 Å². The summed E-state index contributed by atoms with van der Waals surface area (Å²) in [5.41, 5.74) is 2.68. The highest BCUT2D eigenvalue weighted by Gasteiger charge is 2.18. The molecule has 2 N–H and O–H groups in total. The predicted molar refractivity (Wildman–Crippen MR) is 113 cm³/mol. The molecule has 0 bridgehead atoms. The molecule has 0 atom stereocenters. The monoisotopic (exact) mass is 401 g/mol. The summed E-state index contributed by atoms with van der Waals surface area (Å²) < 4.78 is 5.23. The average molecular weight is 401 g/mol. The smallest absolute Gasteiger partial charge is 0.335 e. The molecule has 1 amide bonds. The quantitative estimate of drug-likeness (QED) is 0.589. The molecule has 3 aromatic rings. The maximum absolute atomic E-state index is 12.1. The van der Waals surface area contributed by atoms with Crippen LogP contribution in [0.3, 0.4) is 0 Å². The number of hydrogen-bond acceptors (Lipinski definition) is 5. The number of hydrogen-bond donors (Lipinski definition) is 2. The molecule has 3 rings (SSSR count). The van der Waals surface area contributed by atoms with E-state index in [4.69, 9.17) is 11.2 Å². The van der Waals surface area contributed by atoms with Crippen LogP contribution >= 0.6 is 0 Å². The van der Waals surface area contributed by atoms with Crippen molar-refractivity contribution in [3.63, 3.8) is 0 Å². The van der Waals surface area contributed by atoms with E-state index < -0.39 is 5.97 Å². The van der Waals surface area contributed by atoms with E-state index in [0.29, 0.717) is 23.5 Å². The molecule has 0 fully saturated rings. The number of carboxylic acids is 1. The van der Waals surface area contributed by atoms with Gasteiger partial charge in [0.05, 0.1) is 11.1 Å². The number of rotatable bonds is 7. The number of amides is 1. The van der Waals surface area contributed by atoms with Crippen molar-refractivity contribution in [1.82, 2.24) is 10.3 Å². The van der Waals surface area contributed by atoms with Gasteiger partial charge in [0, 0.05) is 43.4 Å². The third-order valence-corrected chi connectivity index (χ3v) is 4.39. The van der Waals surface area contributed by atoms with Gasteiger partial charge >= 0.3 is 5.97 Å². The summed E-state index contributed by atoms with van der Waals surface area (Å²) in [5.74, 6) is -1.14. The fourth-order valence-corrected chi connectivity index (χ4v) is 2.96. The Hall–Kier alpha value is -4.31. The molecule has 0 aliphatic heterocycles. The molecule has 30 heavy (non-hydrogen) atoms. The maximum atomic E-state index is 12.1. The minimum atomic E-state index is -1.02. The number of aromatic nitrogens is 1. The maximum Gasteiger partial charge on any atom is 0.335 e. The van der Waals surface area contributed by atoms with Crippen LogP contribution in [0.2, 0.25) is 0 Å². The summed E-state index contributed by atoms with van der Waals surface area (Å²) in [6.07, 6.45) is 10.8. The van der Waals surface area contributed by atoms with Crippen molar-refractivity contribution in [2.24, 2.45) is 0 Å². The number of benzene rings is 2. The Balaban J connectivity index is 2.11. The number of nitrogens with zero attached hydrogens (tertiary/aromatic N) is 2. The van der Waals surface area contributed by atoms with Crippen LogP contribution in [0.15, 0.2) is 67.0 Å². The summed E-state index contributed by atoms with van der Waals surface area (Å²) >= 11 is 0. The lowest BCUT2D eigenvalue weighted by atomic mass is 10.1. The normalized spacial score (nSPS) is 10.0. The van der Waals surface area contributed by atoms with E-state index in [1.54, 1.807) is 48.8 Å². The van der Waals surface area contributed by atoms with E-state index in [1.807, 2.05) is 17.0 Å². The number of aromatic carboxylic acids is 1. The van der Waals surface area contributed by atoms with E-state index in [1.165, 1.54) is 13.1 Å². The Labute approximate surface area is 173 Å². The molecule has 0 aliphatic rings. The second-order valence-corrected chi connectivity index (χ2v) is 6.28. The number of ether oxygens (including phenoxy) is 1. The van der Waals surface area contributed by atoms with Crippen molar-refractivity contribution in [2.45, 2.75) is 6.54 Å². The zero-order valence-corrected chi connectivity index (χ0v) is 16.2. The number of carbonyl (C=O) groups excluding carboxylic acids is 1. The van der Waals surface area contributed by atoms with Crippen LogP contribution in [0, 0.1) is 12.5 Å². The van der Waals surface area contributed by atoms with E-state index in [2.05, 4.69) is 16.4 Å². The predicted octanol–water partition coefficient (Wildman–Crippen LogP) is 3.45. The van der Waals surface area contributed by atoms with Crippen molar-refractivity contribution in [3.05, 3.63) is 83.7 Å². The van der Waals surface area contributed by atoms with Gasteiger partial charge in [-0.2, -0.15) is 0 Å². The third kappa shape index (κ3) is 4.56. The Morgan fingerprint density at radius 1 is 1.17 bits per heavy atom. The first-order valence-corrected chi connectivity index (χ1v) is 9.02. The highest BCUT2D eigenvalue weighted by molar-refractivity contribution is 5.97. The van der Waals surface area contributed by atoms with Crippen molar-refractivity contribution in [1.29, 1.82) is 0 Å². The zero-order valence-electron chi connectivity index (χ0n) is 16.2. The minimum Gasteiger partial charge on any atom is -0.478 e. The average Bonchev–Trinajstić information content (AvgIpc) is 2.78. The number of pyridine rings is 1. The summed E-state index contributed by atoms with van der Waals surface area (Å²) in [6, 6.07) is 15.3. The van der Waals surface area contributed by atoms with Crippen LogP contribution in [0.1, 0.15) is 26.3 Å². The summed E-state index contributed by atoms with van der Waals surface area (Å²) in [4.78, 5) is 29.6. The Bertz CT molecular complexity index is 1110. The molecule has 0 unspecified atom stereocenters. The molecule has 1 heterocycles. The molecule has 1 aromatic heterocycles. The van der Waals surface area contributed by atoms with Gasteiger partial charge in [-0.1, -0.05) is 18.6 Å². The second-order valence-electron chi connectivity index (χ2n) is 6.28. The number of carboxylic acid groups (broad SMARTS) is 1. The van der Waals surface area contributed by atoms with Crippen LogP contribution < -0.4 is 15.0 Å². The number of carbonyl (C=O) groups is 2. The molecule has 7 nitrogen and oxygen atoms in total. The lowest BCUT2D eigenvalue weighted by Gasteiger charge is -2.26. The van der Waals surface area contributed by atoms with Gasteiger partial charge in [-0.05, 0) is 42.0 Å². The summed E-state index contributed by atoms with van der Waals surface area (Å²) in [5, 5.41) is 11.9. The van der Waals surface area contributed by atoms with Crippen LogP contribution in [0.5, 0.6) is 5.75 Å². The second kappa shape index (κ2) is 9.26. The molecule has 0 aliphatic carbocycles. The number of nitrogens with one attached hydrogen (secondary N) is 1. The van der Waals surface area contributed by atoms with Gasteiger partial charge in [-0.15, -0.1) is 0 Å². The van der Waals surface area contributed by atoms with Crippen molar-refractivity contribution in [3.8, 4) is 18.3 Å². The standard InChI is InChI=1S/C23H19N3O4/c1-3-30-21-13-19(9-10-20(21)22(27)24-2)26(15-16-6-5-11-25-14-16)18-8-4-7-17(12-18)23(28)29/h1,4-14H,15H2,2H3,(H,24,27)(H,28,29). The molecular weight excluding hydrogens is 382 g/mol. The molecule has 0 saturated heterocycles. The van der Waals surface area contributed by atoms with Gasteiger partial charge in [-0.25, -0.2) is 4.79 Å². The number of terminal acetylenes is 1. The van der Waals surface area contributed by atoms with Crippen LogP contribution in [0.25, 0.3) is 0 Å². The van der Waals surface area contributed by atoms with Gasteiger partial charge < -0.3 is 20.1 Å². The fraction of sp³-hybridized carbons (Fsp3) is 0.0870. The highest BCUT2D eigenvalue weighted by Crippen LogP contribution is 2.32. The zero-order chi connectivity index (χ0) is 21.5. The molecule has 0 spiro atoms. The van der Waals surface area contributed by atoms with E-state index in [9.17, 15) is 14.7 Å². The van der Waals surface area contributed by atoms with E-state index in [-0.39, 0.29) is 17.2 Å². The van der Waals surface area contributed by atoms with Crippen molar-refractivity contribution >= 4 is 23.3 Å². The summed E-state index contributed by atoms with van der Waals surface area (Å²) in [6.45, 7) is 0.408. The molecule has 2 aromatic carbocycles. The Morgan fingerprint density at radius 3 is 2.63 bits per heavy atom. The van der Waals surface area contributed by atoms with Crippen molar-refractivity contribution in [2.75, 3.05) is 11.9 Å². The molecule has 0 saturated carbocycles. The van der Waals surface area contributed by atoms with E-state index in [0.717, 1.165) is 5.56 Å². The Morgan fingerprint density at radius 2 is 1.97 bits per heavy atom. The number of anilines is 2. The molecule has 7 heteroatoms. The SMILES string of the molecule is C#COc1cc(N(Cc2cccnc2)c2cccc(C(=O)O)c2)ccc1C(=O)NC. The largest absolute Gasteiger partial charge is 0.478 e. The van der Waals surface area contributed by atoms with Crippen LogP contribution in [0.4, 0.5) is 11.4 Å². The lowest BCUT2D eigenvalue weighted by molar-refractivity contribution is 0.0696. The lowest BCUT2D eigenvalue weighted by Crippen LogP contribution is -2.20. The summed E-state index contributed by atoms with van der Waals surface area (Å²) in [7, 11) is 1.52. The van der Waals surface area contributed by atoms with Gasteiger partial charge in [0.25, 0.3) is 5.91 Å². The first-order valence-electron chi connectivity index (χ1n) is 9.02. The molecular formula is C23H19N3O4. The van der Waals surface area contributed by atoms with Gasteiger partial charge in [-0.3, -0.25) is 9.78 Å². The van der Waals surface area contributed by atoms with Gasteiger partial charge in [0.2, 0.25) is 0 Å². The Kier molecular flexibility index (Phi) is 6.30. The first kappa shape index (κ1) is 20.4. The van der Waals surface area contributed by atoms with E-state index >= 15 is 0 Å². The third-order valence-electron chi connectivity index (χ3n) is 4.39. The molecule has 150 valence electrons. The highest BCUT2D eigenvalue weighted by atomic mass is 16.5. The minimum absolute atomic E-state index is 0.158. The van der Waals surface area contributed by atoms with Crippen LogP contribution in [-0.4, -0.2) is 29.0 Å². The topological polar surface area (TPSA) is 91.8 Å². The molecule has 0 radical (unpaired) electrons. The van der Waals surface area contributed by atoms with Crippen LogP contribution in [-0.2, 0) is 6.54 Å². The fourth-order valence-electron chi connectivity index (χ4n) is 2.96. The van der Waals surface area contributed by atoms with Gasteiger partial charge in [0.15, 0.2) is 5.75 Å². The van der Waals surface area contributed by atoms with Crippen molar-refractivity contribution < 1.29 is 19.4 Å².